The lowest BCUT2D eigenvalue weighted by Crippen LogP contribution is -2.41. The van der Waals surface area contributed by atoms with Crippen LogP contribution in [0.1, 0.15) is 28.8 Å². The number of halogens is 1. The first-order chi connectivity index (χ1) is 9.46. The van der Waals surface area contributed by atoms with Gasteiger partial charge in [0.2, 0.25) is 0 Å². The maximum absolute atomic E-state index is 11.9. The van der Waals surface area contributed by atoms with Crippen LogP contribution in [0.15, 0.2) is 18.2 Å². The molecule has 0 spiro atoms. The molecule has 1 aliphatic heterocycles. The van der Waals surface area contributed by atoms with E-state index >= 15 is 0 Å². The number of ether oxygens (including phenoxy) is 2. The van der Waals surface area contributed by atoms with Crippen molar-refractivity contribution < 1.29 is 19.1 Å². The predicted octanol–water partition coefficient (Wildman–Crippen LogP) is 2.67. The van der Waals surface area contributed by atoms with Crippen LogP contribution in [0.2, 0.25) is 5.02 Å². The van der Waals surface area contributed by atoms with E-state index < -0.39 is 10.7 Å². The summed E-state index contributed by atoms with van der Waals surface area (Å²) < 4.78 is 8.84. The molecule has 20 heavy (non-hydrogen) atoms. The molecule has 0 N–H and O–H groups in total. The molecule has 1 unspecified atom stereocenters. The zero-order valence-electron chi connectivity index (χ0n) is 11.0. The molecule has 1 saturated heterocycles. The van der Waals surface area contributed by atoms with Gasteiger partial charge in [-0.1, -0.05) is 11.6 Å². The summed E-state index contributed by atoms with van der Waals surface area (Å²) in [6.07, 6.45) is 1.70. The molecule has 0 aromatic heterocycles. The Balaban J connectivity index is 2.28. The number of thiol groups is 1. The van der Waals surface area contributed by atoms with E-state index in [-0.39, 0.29) is 5.97 Å². The zero-order chi connectivity index (χ0) is 14.8. The molecule has 108 valence electrons. The van der Waals surface area contributed by atoms with Crippen molar-refractivity contribution in [2.75, 3.05) is 13.7 Å². The molecule has 0 amide bonds. The highest BCUT2D eigenvalue weighted by atomic mass is 35.5. The topological polar surface area (TPSA) is 52.6 Å². The second-order valence-corrected chi connectivity index (χ2v) is 6.01. The molecular formula is C14H15ClO4S. The first-order valence-corrected chi connectivity index (χ1v) is 7.05. The Hall–Kier alpha value is -1.20. The summed E-state index contributed by atoms with van der Waals surface area (Å²) in [5.74, 6) is -0.783. The van der Waals surface area contributed by atoms with E-state index in [1.165, 1.54) is 7.11 Å². The highest BCUT2D eigenvalue weighted by Crippen LogP contribution is 2.33. The molecule has 1 aromatic carbocycles. The number of hydrogen-bond donors (Lipinski definition) is 1. The standard InChI is InChI=1S/C14H15ClO4S/c1-18-12(16)9-3-4-11(15)10(7-9)8-14(20)5-2-6-19-13(14)17/h3-4,7,20H,2,5-6,8H2,1H3. The Morgan fingerprint density at radius 1 is 1.55 bits per heavy atom. The number of cyclic esters (lactones) is 1. The Morgan fingerprint density at radius 2 is 2.30 bits per heavy atom. The van der Waals surface area contributed by atoms with E-state index in [0.29, 0.717) is 35.6 Å². The number of benzene rings is 1. The molecule has 0 bridgehead atoms. The minimum Gasteiger partial charge on any atom is -0.465 e. The summed E-state index contributed by atoms with van der Waals surface area (Å²) >= 11 is 10.6. The minimum atomic E-state index is -0.892. The van der Waals surface area contributed by atoms with Gasteiger partial charge in [0, 0.05) is 5.02 Å². The maximum atomic E-state index is 11.9. The Morgan fingerprint density at radius 3 is 2.95 bits per heavy atom. The summed E-state index contributed by atoms with van der Waals surface area (Å²) in [7, 11) is 1.31. The van der Waals surface area contributed by atoms with Crippen LogP contribution in [-0.2, 0) is 20.7 Å². The second-order valence-electron chi connectivity index (χ2n) is 4.75. The van der Waals surface area contributed by atoms with Crippen molar-refractivity contribution in [1.29, 1.82) is 0 Å². The monoisotopic (exact) mass is 314 g/mol. The van der Waals surface area contributed by atoms with Gasteiger partial charge in [0.15, 0.2) is 0 Å². The summed E-state index contributed by atoms with van der Waals surface area (Å²) in [4.78, 5) is 23.4. The van der Waals surface area contributed by atoms with E-state index in [9.17, 15) is 9.59 Å². The van der Waals surface area contributed by atoms with Crippen LogP contribution in [0.25, 0.3) is 0 Å². The fourth-order valence-electron chi connectivity index (χ4n) is 2.20. The highest BCUT2D eigenvalue weighted by Gasteiger charge is 2.39. The third-order valence-electron chi connectivity index (χ3n) is 3.30. The summed E-state index contributed by atoms with van der Waals surface area (Å²) in [5, 5.41) is 0.490. The van der Waals surface area contributed by atoms with Gasteiger partial charge in [-0.15, -0.1) is 0 Å². The average molecular weight is 315 g/mol. The van der Waals surface area contributed by atoms with Crippen molar-refractivity contribution >= 4 is 36.2 Å². The third kappa shape index (κ3) is 3.10. The Bertz CT molecular complexity index is 546. The number of esters is 2. The molecule has 0 aliphatic carbocycles. The number of methoxy groups -OCH3 is 1. The van der Waals surface area contributed by atoms with Crippen LogP contribution < -0.4 is 0 Å². The van der Waals surface area contributed by atoms with Crippen molar-refractivity contribution in [1.82, 2.24) is 0 Å². The first kappa shape index (κ1) is 15.2. The lowest BCUT2D eigenvalue weighted by atomic mass is 9.91. The quantitative estimate of drug-likeness (QED) is 0.688. The van der Waals surface area contributed by atoms with Crippen LogP contribution in [-0.4, -0.2) is 30.4 Å². The summed E-state index contributed by atoms with van der Waals surface area (Å²) in [5.41, 5.74) is 1.08. The smallest absolute Gasteiger partial charge is 0.337 e. The van der Waals surface area contributed by atoms with Gasteiger partial charge in [0.1, 0.15) is 4.75 Å². The molecule has 1 heterocycles. The first-order valence-electron chi connectivity index (χ1n) is 6.22. The van der Waals surface area contributed by atoms with E-state index in [0.717, 1.165) is 6.42 Å². The SMILES string of the molecule is COC(=O)c1ccc(Cl)c(CC2(S)CCCOC2=O)c1. The third-order valence-corrected chi connectivity index (χ3v) is 4.23. The van der Waals surface area contributed by atoms with Gasteiger partial charge in [-0.25, -0.2) is 4.79 Å². The normalized spacial score (nSPS) is 22.2. The number of carbonyl (C=O) groups is 2. The van der Waals surface area contributed by atoms with Crippen molar-refractivity contribution in [3.63, 3.8) is 0 Å². The van der Waals surface area contributed by atoms with Crippen molar-refractivity contribution in [2.45, 2.75) is 24.0 Å². The van der Waals surface area contributed by atoms with Gasteiger partial charge in [0.25, 0.3) is 0 Å². The van der Waals surface area contributed by atoms with E-state index in [4.69, 9.17) is 16.3 Å². The van der Waals surface area contributed by atoms with Gasteiger partial charge >= 0.3 is 11.9 Å². The number of rotatable bonds is 3. The van der Waals surface area contributed by atoms with Crippen LogP contribution in [0.4, 0.5) is 0 Å². The molecule has 1 aliphatic rings. The molecule has 0 saturated carbocycles. The zero-order valence-corrected chi connectivity index (χ0v) is 12.7. The van der Waals surface area contributed by atoms with Crippen LogP contribution in [0.5, 0.6) is 0 Å². The van der Waals surface area contributed by atoms with Gasteiger partial charge < -0.3 is 9.47 Å². The summed E-state index contributed by atoms with van der Waals surface area (Å²) in [6, 6.07) is 4.84. The van der Waals surface area contributed by atoms with Crippen LogP contribution in [0.3, 0.4) is 0 Å². The highest BCUT2D eigenvalue weighted by molar-refractivity contribution is 7.82. The van der Waals surface area contributed by atoms with Crippen LogP contribution in [0, 0.1) is 0 Å². The molecular weight excluding hydrogens is 300 g/mol. The molecule has 2 rings (SSSR count). The molecule has 1 aromatic rings. The molecule has 0 radical (unpaired) electrons. The fraction of sp³-hybridized carbons (Fsp3) is 0.429. The Kier molecular flexibility index (Phi) is 4.60. The molecule has 1 fully saturated rings. The largest absolute Gasteiger partial charge is 0.465 e. The molecule has 1 atom stereocenters. The van der Waals surface area contributed by atoms with Gasteiger partial charge in [0.05, 0.1) is 19.3 Å². The van der Waals surface area contributed by atoms with E-state index in [1.807, 2.05) is 0 Å². The minimum absolute atomic E-state index is 0.318. The van der Waals surface area contributed by atoms with Crippen molar-refractivity contribution in [3.8, 4) is 0 Å². The lowest BCUT2D eigenvalue weighted by Gasteiger charge is -2.30. The number of hydrogen-bond acceptors (Lipinski definition) is 5. The average Bonchev–Trinajstić information content (AvgIpc) is 2.44. The van der Waals surface area contributed by atoms with Crippen LogP contribution >= 0.6 is 24.2 Å². The number of carbonyl (C=O) groups excluding carboxylic acids is 2. The van der Waals surface area contributed by atoms with Crippen molar-refractivity contribution in [3.05, 3.63) is 34.3 Å². The second kappa shape index (κ2) is 6.06. The predicted molar refractivity (Wildman–Crippen MR) is 78.4 cm³/mol. The lowest BCUT2D eigenvalue weighted by molar-refractivity contribution is -0.150. The van der Waals surface area contributed by atoms with Gasteiger partial charge in [-0.2, -0.15) is 12.6 Å². The van der Waals surface area contributed by atoms with Gasteiger partial charge in [-0.3, -0.25) is 4.79 Å². The summed E-state index contributed by atoms with van der Waals surface area (Å²) in [6.45, 7) is 0.428. The molecule has 6 heteroatoms. The van der Waals surface area contributed by atoms with Crippen molar-refractivity contribution in [2.24, 2.45) is 0 Å². The molecule has 4 nitrogen and oxygen atoms in total. The van der Waals surface area contributed by atoms with Gasteiger partial charge in [-0.05, 0) is 43.0 Å². The van der Waals surface area contributed by atoms with E-state index in [1.54, 1.807) is 18.2 Å². The van der Waals surface area contributed by atoms with E-state index in [2.05, 4.69) is 17.4 Å². The maximum Gasteiger partial charge on any atom is 0.337 e. The fourth-order valence-corrected chi connectivity index (χ4v) is 2.77. The Labute approximate surface area is 127 Å².